The molecule has 1 aromatic rings. The van der Waals surface area contributed by atoms with Crippen molar-refractivity contribution in [1.82, 2.24) is 9.80 Å². The third-order valence-corrected chi connectivity index (χ3v) is 4.22. The SMILES string of the molecule is CCN(CC)CCCN1C(=O)C(=O)N(c2ccccc2)C1=S.Cl. The van der Waals surface area contributed by atoms with Gasteiger partial charge < -0.3 is 4.90 Å². The minimum atomic E-state index is -0.570. The maximum Gasteiger partial charge on any atom is 0.323 e. The van der Waals surface area contributed by atoms with Crippen molar-refractivity contribution in [2.24, 2.45) is 0 Å². The van der Waals surface area contributed by atoms with Crippen molar-refractivity contribution < 1.29 is 9.59 Å². The van der Waals surface area contributed by atoms with Crippen molar-refractivity contribution in [3.05, 3.63) is 30.3 Å². The molecule has 0 spiro atoms. The Kier molecular flexibility index (Phi) is 7.61. The van der Waals surface area contributed by atoms with E-state index in [1.807, 2.05) is 18.2 Å². The number of halogens is 1. The van der Waals surface area contributed by atoms with E-state index in [1.54, 1.807) is 12.1 Å². The maximum atomic E-state index is 12.2. The molecule has 0 bridgehead atoms. The van der Waals surface area contributed by atoms with Crippen molar-refractivity contribution in [2.45, 2.75) is 20.3 Å². The Bertz CT molecular complexity index is 564. The summed E-state index contributed by atoms with van der Waals surface area (Å²) in [5.74, 6) is -1.10. The van der Waals surface area contributed by atoms with E-state index >= 15 is 0 Å². The average molecular weight is 356 g/mol. The second-order valence-corrected chi connectivity index (χ2v) is 5.46. The molecule has 2 amide bonds. The molecule has 0 unspecified atom stereocenters. The summed E-state index contributed by atoms with van der Waals surface area (Å²) >= 11 is 5.33. The lowest BCUT2D eigenvalue weighted by atomic mass is 10.3. The first kappa shape index (κ1) is 19.5. The molecule has 23 heavy (non-hydrogen) atoms. The van der Waals surface area contributed by atoms with Crippen molar-refractivity contribution in [2.75, 3.05) is 31.1 Å². The molecule has 0 atom stereocenters. The number of carbonyl (C=O) groups excluding carboxylic acids is 2. The Hall–Kier alpha value is -1.50. The number of nitrogens with zero attached hydrogens (tertiary/aromatic N) is 3. The van der Waals surface area contributed by atoms with Gasteiger partial charge in [0.15, 0.2) is 5.11 Å². The van der Waals surface area contributed by atoms with Crippen molar-refractivity contribution in [3.8, 4) is 0 Å². The van der Waals surface area contributed by atoms with E-state index in [-0.39, 0.29) is 17.5 Å². The number of benzene rings is 1. The van der Waals surface area contributed by atoms with Gasteiger partial charge in [-0.25, -0.2) is 4.90 Å². The van der Waals surface area contributed by atoms with Crippen LogP contribution >= 0.6 is 24.6 Å². The molecule has 1 aliphatic rings. The summed E-state index contributed by atoms with van der Waals surface area (Å²) in [4.78, 5) is 29.3. The van der Waals surface area contributed by atoms with Crippen LogP contribution in [0.5, 0.6) is 0 Å². The quantitative estimate of drug-likeness (QED) is 0.556. The van der Waals surface area contributed by atoms with Crippen LogP contribution in [0.3, 0.4) is 0 Å². The standard InChI is InChI=1S/C16H21N3O2S.ClH/c1-3-17(4-2)11-8-12-18-14(20)15(21)19(16(18)22)13-9-6-5-7-10-13;/h5-7,9-10H,3-4,8,11-12H2,1-2H3;1H. The number of hydrogen-bond donors (Lipinski definition) is 0. The second kappa shape index (κ2) is 8.96. The summed E-state index contributed by atoms with van der Waals surface area (Å²) in [7, 11) is 0. The Labute approximate surface area is 148 Å². The van der Waals surface area contributed by atoms with E-state index in [2.05, 4.69) is 18.7 Å². The van der Waals surface area contributed by atoms with Gasteiger partial charge in [-0.05, 0) is 50.4 Å². The summed E-state index contributed by atoms with van der Waals surface area (Å²) in [5.41, 5.74) is 0.636. The first-order chi connectivity index (χ1) is 10.6. The zero-order valence-electron chi connectivity index (χ0n) is 13.4. The molecule has 126 valence electrons. The summed E-state index contributed by atoms with van der Waals surface area (Å²) in [6.45, 7) is 7.53. The van der Waals surface area contributed by atoms with E-state index in [4.69, 9.17) is 12.2 Å². The number of hydrogen-bond acceptors (Lipinski definition) is 4. The van der Waals surface area contributed by atoms with Crippen LogP contribution in [0.4, 0.5) is 5.69 Å². The first-order valence-corrected chi connectivity index (χ1v) is 7.98. The lowest BCUT2D eigenvalue weighted by Gasteiger charge is -2.21. The van der Waals surface area contributed by atoms with Gasteiger partial charge in [-0.3, -0.25) is 14.5 Å². The maximum absolute atomic E-state index is 12.2. The fourth-order valence-electron chi connectivity index (χ4n) is 2.50. The highest BCUT2D eigenvalue weighted by molar-refractivity contribution is 7.80. The fraction of sp³-hybridized carbons (Fsp3) is 0.438. The van der Waals surface area contributed by atoms with Crippen LogP contribution in [0, 0.1) is 0 Å². The highest BCUT2D eigenvalue weighted by Gasteiger charge is 2.41. The van der Waals surface area contributed by atoms with Crippen LogP contribution in [-0.2, 0) is 9.59 Å². The molecule has 1 aromatic carbocycles. The van der Waals surface area contributed by atoms with Crippen LogP contribution in [0.2, 0.25) is 0 Å². The molecular weight excluding hydrogens is 334 g/mol. The van der Waals surface area contributed by atoms with E-state index in [0.717, 1.165) is 26.1 Å². The number of carbonyl (C=O) groups is 2. The molecule has 0 radical (unpaired) electrons. The lowest BCUT2D eigenvalue weighted by molar-refractivity contribution is -0.139. The molecule has 2 rings (SSSR count). The molecule has 0 saturated carbocycles. The van der Waals surface area contributed by atoms with E-state index in [0.29, 0.717) is 12.2 Å². The molecule has 7 heteroatoms. The average Bonchev–Trinajstić information content (AvgIpc) is 2.75. The predicted molar refractivity (Wildman–Crippen MR) is 97.9 cm³/mol. The Morgan fingerprint density at radius 3 is 2.22 bits per heavy atom. The largest absolute Gasteiger partial charge is 0.323 e. The number of rotatable bonds is 7. The third kappa shape index (κ3) is 4.28. The highest BCUT2D eigenvalue weighted by Crippen LogP contribution is 2.22. The van der Waals surface area contributed by atoms with Crippen LogP contribution in [-0.4, -0.2) is 52.9 Å². The van der Waals surface area contributed by atoms with Gasteiger partial charge in [-0.15, -0.1) is 12.4 Å². The van der Waals surface area contributed by atoms with Gasteiger partial charge in [-0.1, -0.05) is 32.0 Å². The lowest BCUT2D eigenvalue weighted by Crippen LogP contribution is -2.35. The predicted octanol–water partition coefficient (Wildman–Crippen LogP) is 2.30. The van der Waals surface area contributed by atoms with Crippen molar-refractivity contribution in [1.29, 1.82) is 0 Å². The second-order valence-electron chi connectivity index (χ2n) is 5.10. The summed E-state index contributed by atoms with van der Waals surface area (Å²) in [6.07, 6.45) is 0.795. The summed E-state index contributed by atoms with van der Waals surface area (Å²) in [6, 6.07) is 9.04. The number of anilines is 1. The van der Waals surface area contributed by atoms with Gasteiger partial charge in [0, 0.05) is 6.54 Å². The molecule has 0 N–H and O–H groups in total. The van der Waals surface area contributed by atoms with Gasteiger partial charge in [0.05, 0.1) is 5.69 Å². The Morgan fingerprint density at radius 1 is 1.04 bits per heavy atom. The Morgan fingerprint density at radius 2 is 1.65 bits per heavy atom. The number of para-hydroxylation sites is 1. The third-order valence-electron chi connectivity index (χ3n) is 3.82. The smallest absolute Gasteiger partial charge is 0.304 e. The van der Waals surface area contributed by atoms with Crippen molar-refractivity contribution >= 4 is 47.2 Å². The van der Waals surface area contributed by atoms with Gasteiger partial charge in [-0.2, -0.15) is 0 Å². The summed E-state index contributed by atoms with van der Waals surface area (Å²) < 4.78 is 0. The zero-order chi connectivity index (χ0) is 16.1. The van der Waals surface area contributed by atoms with Gasteiger partial charge in [0.2, 0.25) is 0 Å². The molecular formula is C16H22ClN3O2S. The Balaban J connectivity index is 0.00000264. The molecule has 1 aliphatic heterocycles. The van der Waals surface area contributed by atoms with Gasteiger partial charge in [0.25, 0.3) is 0 Å². The van der Waals surface area contributed by atoms with E-state index in [1.165, 1.54) is 9.80 Å². The minimum Gasteiger partial charge on any atom is -0.304 e. The van der Waals surface area contributed by atoms with Gasteiger partial charge in [0.1, 0.15) is 0 Å². The normalized spacial score (nSPS) is 14.7. The minimum absolute atomic E-state index is 0. The van der Waals surface area contributed by atoms with Crippen LogP contribution in [0.15, 0.2) is 30.3 Å². The zero-order valence-corrected chi connectivity index (χ0v) is 15.0. The monoisotopic (exact) mass is 355 g/mol. The topological polar surface area (TPSA) is 43.9 Å². The molecule has 5 nitrogen and oxygen atoms in total. The van der Waals surface area contributed by atoms with Crippen LogP contribution < -0.4 is 4.90 Å². The molecule has 1 heterocycles. The molecule has 1 fully saturated rings. The fourth-order valence-corrected chi connectivity index (χ4v) is 2.86. The number of thiocarbonyl (C=S) groups is 1. The molecule has 0 aliphatic carbocycles. The number of amides is 2. The molecule has 0 aromatic heterocycles. The first-order valence-electron chi connectivity index (χ1n) is 7.57. The van der Waals surface area contributed by atoms with Crippen molar-refractivity contribution in [3.63, 3.8) is 0 Å². The van der Waals surface area contributed by atoms with E-state index < -0.39 is 11.8 Å². The van der Waals surface area contributed by atoms with Gasteiger partial charge >= 0.3 is 11.8 Å². The van der Waals surface area contributed by atoms with Crippen LogP contribution in [0.1, 0.15) is 20.3 Å². The highest BCUT2D eigenvalue weighted by atomic mass is 35.5. The van der Waals surface area contributed by atoms with E-state index in [9.17, 15) is 9.59 Å². The summed E-state index contributed by atoms with van der Waals surface area (Å²) in [5, 5.41) is 0.278. The molecule has 1 saturated heterocycles. The van der Waals surface area contributed by atoms with Crippen LogP contribution in [0.25, 0.3) is 0 Å².